The number of carbonyl (C=O) groups excluding carboxylic acids is 1. The molecule has 2 aromatic rings. The molecule has 0 saturated carbocycles. The number of hydrogen-bond acceptors (Lipinski definition) is 3. The Morgan fingerprint density at radius 1 is 1.28 bits per heavy atom. The van der Waals surface area contributed by atoms with Crippen molar-refractivity contribution in [1.29, 1.82) is 0 Å². The molecule has 0 aliphatic carbocycles. The van der Waals surface area contributed by atoms with Gasteiger partial charge in [-0.15, -0.1) is 0 Å². The van der Waals surface area contributed by atoms with Crippen LogP contribution in [0.1, 0.15) is 35.8 Å². The lowest BCUT2D eigenvalue weighted by Gasteiger charge is -2.37. The fourth-order valence-corrected chi connectivity index (χ4v) is 3.28. The third kappa shape index (κ3) is 3.39. The number of amides is 1. The van der Waals surface area contributed by atoms with E-state index >= 15 is 0 Å². The lowest BCUT2D eigenvalue weighted by atomic mass is 9.82. The van der Waals surface area contributed by atoms with Crippen molar-refractivity contribution >= 4 is 23.5 Å². The Balaban J connectivity index is 1.85. The van der Waals surface area contributed by atoms with Crippen LogP contribution < -0.4 is 0 Å². The Hall–Kier alpha value is -2.34. The smallest absolute Gasteiger partial charge is 0.311 e. The molecular formula is C18H20ClN3O3. The normalized spacial score (nSPS) is 20.5. The van der Waals surface area contributed by atoms with E-state index in [2.05, 4.69) is 5.10 Å². The summed E-state index contributed by atoms with van der Waals surface area (Å²) in [4.78, 5) is 26.0. The van der Waals surface area contributed by atoms with E-state index < -0.39 is 11.4 Å². The van der Waals surface area contributed by atoms with Crippen molar-refractivity contribution in [3.8, 4) is 5.69 Å². The van der Waals surface area contributed by atoms with Crippen LogP contribution in [0.3, 0.4) is 0 Å². The Bertz CT molecular complexity index is 815. The molecule has 1 aliphatic rings. The van der Waals surface area contributed by atoms with Crippen molar-refractivity contribution in [2.75, 3.05) is 13.1 Å². The monoisotopic (exact) mass is 361 g/mol. The van der Waals surface area contributed by atoms with Gasteiger partial charge in [0.2, 0.25) is 0 Å². The quantitative estimate of drug-likeness (QED) is 0.911. The van der Waals surface area contributed by atoms with Crippen LogP contribution in [0.2, 0.25) is 5.02 Å². The SMILES string of the molecule is Cc1nn(-c2ccc(Cl)cc2)cc1C(=O)N1CCCC(C)(C(=O)O)C1. The third-order valence-electron chi connectivity index (χ3n) is 4.72. The van der Waals surface area contributed by atoms with Gasteiger partial charge in [0, 0.05) is 24.3 Å². The average molecular weight is 362 g/mol. The number of aryl methyl sites for hydroxylation is 1. The number of likely N-dealkylation sites (tertiary alicyclic amines) is 1. The van der Waals surface area contributed by atoms with Gasteiger partial charge in [0.1, 0.15) is 0 Å². The lowest BCUT2D eigenvalue weighted by molar-refractivity contribution is -0.150. The third-order valence-corrected chi connectivity index (χ3v) is 4.97. The van der Waals surface area contributed by atoms with E-state index in [0.29, 0.717) is 35.7 Å². The molecule has 1 aromatic heterocycles. The predicted octanol–water partition coefficient (Wildman–Crippen LogP) is 3.16. The van der Waals surface area contributed by atoms with Crippen LogP contribution in [0.15, 0.2) is 30.5 Å². The summed E-state index contributed by atoms with van der Waals surface area (Å²) in [5.41, 5.74) is 1.02. The standard InChI is InChI=1S/C18H20ClN3O3/c1-12-15(10-22(20-12)14-6-4-13(19)5-7-14)16(23)21-9-3-8-18(2,11-21)17(24)25/h4-7,10H,3,8-9,11H2,1-2H3,(H,24,25). The topological polar surface area (TPSA) is 75.4 Å². The van der Waals surface area contributed by atoms with Gasteiger partial charge < -0.3 is 10.0 Å². The summed E-state index contributed by atoms with van der Waals surface area (Å²) in [6.07, 6.45) is 2.95. The minimum atomic E-state index is -0.895. The van der Waals surface area contributed by atoms with Gasteiger partial charge >= 0.3 is 5.97 Å². The molecule has 3 rings (SSSR count). The number of aliphatic carboxylic acids is 1. The van der Waals surface area contributed by atoms with E-state index in [1.807, 2.05) is 12.1 Å². The molecule has 132 valence electrons. The first-order chi connectivity index (χ1) is 11.8. The number of rotatable bonds is 3. The van der Waals surface area contributed by atoms with Crippen LogP contribution in [0.25, 0.3) is 5.69 Å². The summed E-state index contributed by atoms with van der Waals surface area (Å²) in [6.45, 7) is 4.25. The van der Waals surface area contributed by atoms with Crippen molar-refractivity contribution < 1.29 is 14.7 Å². The number of halogens is 1. The highest BCUT2D eigenvalue weighted by Gasteiger charge is 2.40. The maximum absolute atomic E-state index is 12.9. The van der Waals surface area contributed by atoms with E-state index in [-0.39, 0.29) is 12.5 Å². The number of piperidine rings is 1. The first kappa shape index (κ1) is 17.5. The molecule has 1 atom stereocenters. The number of nitrogens with zero attached hydrogens (tertiary/aromatic N) is 3. The van der Waals surface area contributed by atoms with Gasteiger partial charge in [-0.25, -0.2) is 4.68 Å². The highest BCUT2D eigenvalue weighted by atomic mass is 35.5. The molecule has 6 nitrogen and oxygen atoms in total. The average Bonchev–Trinajstić information content (AvgIpc) is 2.96. The molecule has 0 spiro atoms. The number of hydrogen-bond donors (Lipinski definition) is 1. The van der Waals surface area contributed by atoms with E-state index in [4.69, 9.17) is 11.6 Å². The number of carboxylic acids is 1. The highest BCUT2D eigenvalue weighted by molar-refractivity contribution is 6.30. The molecule has 1 aromatic carbocycles. The highest BCUT2D eigenvalue weighted by Crippen LogP contribution is 2.30. The minimum Gasteiger partial charge on any atom is -0.481 e. The maximum Gasteiger partial charge on any atom is 0.311 e. The van der Waals surface area contributed by atoms with Crippen molar-refractivity contribution in [2.24, 2.45) is 5.41 Å². The molecule has 2 heterocycles. The molecule has 0 bridgehead atoms. The molecule has 1 unspecified atom stereocenters. The van der Waals surface area contributed by atoms with Gasteiger partial charge in [0.05, 0.1) is 22.4 Å². The maximum atomic E-state index is 12.9. The van der Waals surface area contributed by atoms with Gasteiger partial charge in [-0.1, -0.05) is 11.6 Å². The number of benzene rings is 1. The fraction of sp³-hybridized carbons (Fsp3) is 0.389. The zero-order valence-electron chi connectivity index (χ0n) is 14.2. The van der Waals surface area contributed by atoms with E-state index in [1.54, 1.807) is 41.8 Å². The second-order valence-corrected chi connectivity index (χ2v) is 7.18. The van der Waals surface area contributed by atoms with Crippen LogP contribution >= 0.6 is 11.6 Å². The van der Waals surface area contributed by atoms with E-state index in [9.17, 15) is 14.7 Å². The summed E-state index contributed by atoms with van der Waals surface area (Å²) in [7, 11) is 0. The summed E-state index contributed by atoms with van der Waals surface area (Å²) < 4.78 is 1.64. The van der Waals surface area contributed by atoms with Crippen molar-refractivity contribution in [2.45, 2.75) is 26.7 Å². The largest absolute Gasteiger partial charge is 0.481 e. The van der Waals surface area contributed by atoms with Crippen LogP contribution in [0.5, 0.6) is 0 Å². The van der Waals surface area contributed by atoms with E-state index in [1.165, 1.54) is 0 Å². The molecule has 7 heteroatoms. The zero-order chi connectivity index (χ0) is 18.2. The van der Waals surface area contributed by atoms with E-state index in [0.717, 1.165) is 5.69 Å². The van der Waals surface area contributed by atoms with Crippen LogP contribution in [0, 0.1) is 12.3 Å². The molecule has 1 aliphatic heterocycles. The minimum absolute atomic E-state index is 0.176. The molecule has 0 radical (unpaired) electrons. The Morgan fingerprint density at radius 3 is 2.60 bits per heavy atom. The van der Waals surface area contributed by atoms with Crippen LogP contribution in [-0.4, -0.2) is 44.8 Å². The Kier molecular flexibility index (Phi) is 4.56. The van der Waals surface area contributed by atoms with Crippen LogP contribution in [0.4, 0.5) is 0 Å². The fourth-order valence-electron chi connectivity index (χ4n) is 3.15. The number of carbonyl (C=O) groups is 2. The number of carboxylic acid groups (broad SMARTS) is 1. The lowest BCUT2D eigenvalue weighted by Crippen LogP contribution is -2.48. The first-order valence-electron chi connectivity index (χ1n) is 8.15. The van der Waals surface area contributed by atoms with Gasteiger partial charge in [-0.05, 0) is 51.0 Å². The van der Waals surface area contributed by atoms with Gasteiger partial charge in [-0.2, -0.15) is 5.10 Å². The first-order valence-corrected chi connectivity index (χ1v) is 8.53. The van der Waals surface area contributed by atoms with Crippen molar-refractivity contribution in [3.63, 3.8) is 0 Å². The Morgan fingerprint density at radius 2 is 1.96 bits per heavy atom. The summed E-state index contributed by atoms with van der Waals surface area (Å²) in [5.74, 6) is -1.04. The number of aromatic nitrogens is 2. The molecule has 1 N–H and O–H groups in total. The van der Waals surface area contributed by atoms with Gasteiger partial charge in [0.25, 0.3) is 5.91 Å². The molecule has 1 amide bonds. The summed E-state index contributed by atoms with van der Waals surface area (Å²) in [5, 5.41) is 14.5. The molecular weight excluding hydrogens is 342 g/mol. The van der Waals surface area contributed by atoms with Gasteiger partial charge in [0.15, 0.2) is 0 Å². The predicted molar refractivity (Wildman–Crippen MR) is 94.2 cm³/mol. The second-order valence-electron chi connectivity index (χ2n) is 6.75. The van der Waals surface area contributed by atoms with Crippen LogP contribution in [-0.2, 0) is 4.79 Å². The van der Waals surface area contributed by atoms with Crippen molar-refractivity contribution in [3.05, 3.63) is 46.7 Å². The van der Waals surface area contributed by atoms with Gasteiger partial charge in [-0.3, -0.25) is 9.59 Å². The summed E-state index contributed by atoms with van der Waals surface area (Å²) in [6, 6.07) is 7.17. The summed E-state index contributed by atoms with van der Waals surface area (Å²) >= 11 is 5.90. The molecule has 25 heavy (non-hydrogen) atoms. The molecule has 1 saturated heterocycles. The zero-order valence-corrected chi connectivity index (χ0v) is 15.0. The Labute approximate surface area is 151 Å². The second kappa shape index (κ2) is 6.52. The van der Waals surface area contributed by atoms with Crippen molar-refractivity contribution in [1.82, 2.24) is 14.7 Å². The molecule has 1 fully saturated rings.